The maximum absolute atomic E-state index is 14.2. The zero-order valence-corrected chi connectivity index (χ0v) is 23.0. The molecule has 0 radical (unpaired) electrons. The average molecular weight is 552 g/mol. The molecule has 1 saturated heterocycles. The summed E-state index contributed by atoms with van der Waals surface area (Å²) in [5.41, 5.74) is 4.52. The Morgan fingerprint density at radius 2 is 1.73 bits per heavy atom. The number of amides is 2. The fraction of sp³-hybridized carbons (Fsp3) is 0.281. The van der Waals surface area contributed by atoms with E-state index in [9.17, 15) is 14.4 Å². The summed E-state index contributed by atoms with van der Waals surface area (Å²) >= 11 is 0. The molecule has 3 heterocycles. The van der Waals surface area contributed by atoms with Crippen molar-refractivity contribution >= 4 is 17.7 Å². The SMILES string of the molecule is CCOC(=O)N1CCc2ccc(-n3c(-c4ccccc4)c(C(=O)N4CCNC[C@H]4Cc4ccccc4)[nH]c3=O)cc21. The van der Waals surface area contributed by atoms with Gasteiger partial charge in [-0.05, 0) is 43.0 Å². The van der Waals surface area contributed by atoms with E-state index in [2.05, 4.69) is 22.4 Å². The molecule has 1 fully saturated rings. The number of piperazine rings is 1. The van der Waals surface area contributed by atoms with Crippen LogP contribution in [0.2, 0.25) is 0 Å². The van der Waals surface area contributed by atoms with E-state index >= 15 is 0 Å². The van der Waals surface area contributed by atoms with Crippen LogP contribution in [0, 0.1) is 0 Å². The lowest BCUT2D eigenvalue weighted by Crippen LogP contribution is -2.54. The Morgan fingerprint density at radius 3 is 2.49 bits per heavy atom. The molecular formula is C32H33N5O4. The van der Waals surface area contributed by atoms with Crippen molar-refractivity contribution in [2.24, 2.45) is 0 Å². The smallest absolute Gasteiger partial charge is 0.414 e. The first-order valence-corrected chi connectivity index (χ1v) is 14.1. The fourth-order valence-electron chi connectivity index (χ4n) is 5.84. The van der Waals surface area contributed by atoms with Gasteiger partial charge in [0.1, 0.15) is 5.69 Å². The van der Waals surface area contributed by atoms with Gasteiger partial charge in [0.2, 0.25) is 0 Å². The number of nitrogens with zero attached hydrogens (tertiary/aromatic N) is 3. The van der Waals surface area contributed by atoms with Crippen LogP contribution in [-0.2, 0) is 17.6 Å². The molecule has 1 aromatic heterocycles. The highest BCUT2D eigenvalue weighted by atomic mass is 16.6. The Hall–Kier alpha value is -4.63. The number of nitrogens with one attached hydrogen (secondary N) is 2. The van der Waals surface area contributed by atoms with Crippen molar-refractivity contribution in [2.45, 2.75) is 25.8 Å². The van der Waals surface area contributed by atoms with Gasteiger partial charge in [0, 0.05) is 37.8 Å². The van der Waals surface area contributed by atoms with Crippen LogP contribution in [0.1, 0.15) is 28.5 Å². The van der Waals surface area contributed by atoms with Gasteiger partial charge < -0.3 is 19.9 Å². The first kappa shape index (κ1) is 26.6. The lowest BCUT2D eigenvalue weighted by atomic mass is 10.0. The molecule has 2 aliphatic heterocycles. The third kappa shape index (κ3) is 5.16. The molecule has 2 amide bonds. The number of carbonyl (C=O) groups excluding carboxylic acids is 2. The van der Waals surface area contributed by atoms with E-state index in [-0.39, 0.29) is 24.2 Å². The summed E-state index contributed by atoms with van der Waals surface area (Å²) in [4.78, 5) is 46.9. The average Bonchev–Trinajstić information content (AvgIpc) is 3.59. The fourth-order valence-corrected chi connectivity index (χ4v) is 5.84. The maximum Gasteiger partial charge on any atom is 0.414 e. The number of imidazole rings is 1. The second kappa shape index (κ2) is 11.5. The molecule has 41 heavy (non-hydrogen) atoms. The zero-order chi connectivity index (χ0) is 28.3. The van der Waals surface area contributed by atoms with Gasteiger partial charge in [0.05, 0.1) is 23.7 Å². The van der Waals surface area contributed by atoms with Crippen molar-refractivity contribution in [1.82, 2.24) is 19.8 Å². The molecule has 0 saturated carbocycles. The molecule has 0 unspecified atom stereocenters. The Morgan fingerprint density at radius 1 is 0.976 bits per heavy atom. The number of aromatic amines is 1. The van der Waals surface area contributed by atoms with Gasteiger partial charge in [-0.1, -0.05) is 66.7 Å². The largest absolute Gasteiger partial charge is 0.449 e. The number of hydrogen-bond acceptors (Lipinski definition) is 5. The number of hydrogen-bond donors (Lipinski definition) is 2. The van der Waals surface area contributed by atoms with Crippen LogP contribution < -0.4 is 15.9 Å². The topological polar surface area (TPSA) is 99.7 Å². The molecule has 3 aromatic carbocycles. The molecule has 9 nitrogen and oxygen atoms in total. The molecule has 210 valence electrons. The molecule has 9 heteroatoms. The minimum atomic E-state index is -0.414. The van der Waals surface area contributed by atoms with Gasteiger partial charge in [-0.25, -0.2) is 9.59 Å². The van der Waals surface area contributed by atoms with Crippen molar-refractivity contribution in [3.8, 4) is 16.9 Å². The molecule has 0 spiro atoms. The van der Waals surface area contributed by atoms with E-state index in [1.54, 1.807) is 16.4 Å². The molecule has 2 aliphatic rings. The number of aromatic nitrogens is 2. The van der Waals surface area contributed by atoms with Crippen molar-refractivity contribution in [3.63, 3.8) is 0 Å². The van der Waals surface area contributed by atoms with Crippen LogP contribution >= 0.6 is 0 Å². The summed E-state index contributed by atoms with van der Waals surface area (Å²) in [7, 11) is 0. The lowest BCUT2D eigenvalue weighted by molar-refractivity contribution is 0.0631. The highest BCUT2D eigenvalue weighted by Gasteiger charge is 2.33. The van der Waals surface area contributed by atoms with Crippen LogP contribution in [0.5, 0.6) is 0 Å². The number of anilines is 1. The van der Waals surface area contributed by atoms with E-state index < -0.39 is 11.8 Å². The second-order valence-corrected chi connectivity index (χ2v) is 10.3. The number of fused-ring (bicyclic) bond motifs is 1. The number of H-pyrrole nitrogens is 1. The molecule has 2 N–H and O–H groups in total. The number of benzene rings is 3. The van der Waals surface area contributed by atoms with Gasteiger partial charge >= 0.3 is 11.8 Å². The van der Waals surface area contributed by atoms with Gasteiger partial charge in [0.25, 0.3) is 5.91 Å². The van der Waals surface area contributed by atoms with Crippen LogP contribution in [0.4, 0.5) is 10.5 Å². The lowest BCUT2D eigenvalue weighted by Gasteiger charge is -2.36. The third-order valence-electron chi connectivity index (χ3n) is 7.79. The standard InChI is InChI=1S/C32H33N5O4/c1-2-41-32(40)36-17-15-23-13-14-25(20-27(23)36)37-29(24-11-7-4-8-12-24)28(34-31(37)39)30(38)35-18-16-33-21-26(35)19-22-9-5-3-6-10-22/h3-14,20,26,33H,2,15-19,21H2,1H3,(H,34,39)/t26-/m1/s1. The van der Waals surface area contributed by atoms with Crippen molar-refractivity contribution < 1.29 is 14.3 Å². The number of ether oxygens (including phenoxy) is 1. The minimum Gasteiger partial charge on any atom is -0.449 e. The normalized spacial score (nSPS) is 16.5. The van der Waals surface area contributed by atoms with Gasteiger partial charge in [-0.3, -0.25) is 14.3 Å². The zero-order valence-electron chi connectivity index (χ0n) is 23.0. The quantitative estimate of drug-likeness (QED) is 0.377. The van der Waals surface area contributed by atoms with E-state index in [1.165, 1.54) is 0 Å². The molecule has 1 atom stereocenters. The minimum absolute atomic E-state index is 0.0627. The van der Waals surface area contributed by atoms with E-state index in [0.717, 1.165) is 16.7 Å². The second-order valence-electron chi connectivity index (χ2n) is 10.3. The van der Waals surface area contributed by atoms with Gasteiger partial charge in [-0.15, -0.1) is 0 Å². The predicted molar refractivity (Wildman–Crippen MR) is 158 cm³/mol. The Balaban J connectivity index is 1.43. The van der Waals surface area contributed by atoms with Gasteiger partial charge in [0.15, 0.2) is 0 Å². The van der Waals surface area contributed by atoms with Crippen molar-refractivity contribution in [1.29, 1.82) is 0 Å². The molecule has 0 aliphatic carbocycles. The third-order valence-corrected chi connectivity index (χ3v) is 7.79. The molecule has 4 aromatic rings. The van der Waals surface area contributed by atoms with Crippen LogP contribution in [0.15, 0.2) is 83.7 Å². The molecular weight excluding hydrogens is 518 g/mol. The summed E-state index contributed by atoms with van der Waals surface area (Å²) in [5, 5.41) is 3.41. The molecule has 0 bridgehead atoms. The van der Waals surface area contributed by atoms with Crippen molar-refractivity contribution in [3.05, 3.63) is 106 Å². The monoisotopic (exact) mass is 551 g/mol. The Kier molecular flexibility index (Phi) is 7.43. The maximum atomic E-state index is 14.2. The summed E-state index contributed by atoms with van der Waals surface area (Å²) in [6, 6.07) is 25.2. The molecule has 6 rings (SSSR count). The summed E-state index contributed by atoms with van der Waals surface area (Å²) < 4.78 is 6.80. The predicted octanol–water partition coefficient (Wildman–Crippen LogP) is 4.01. The van der Waals surface area contributed by atoms with E-state index in [4.69, 9.17) is 4.74 Å². The van der Waals surface area contributed by atoms with Crippen LogP contribution in [-0.4, -0.2) is 65.3 Å². The van der Waals surface area contributed by atoms with Gasteiger partial charge in [-0.2, -0.15) is 0 Å². The summed E-state index contributed by atoms with van der Waals surface area (Å²) in [5.74, 6) is -0.212. The summed E-state index contributed by atoms with van der Waals surface area (Å²) in [6.45, 7) is 4.45. The first-order valence-electron chi connectivity index (χ1n) is 14.1. The first-order chi connectivity index (χ1) is 20.0. The number of carbonyl (C=O) groups is 2. The van der Waals surface area contributed by atoms with E-state index in [0.29, 0.717) is 56.1 Å². The van der Waals surface area contributed by atoms with Crippen molar-refractivity contribution in [2.75, 3.05) is 37.7 Å². The van der Waals surface area contributed by atoms with Crippen LogP contribution in [0.3, 0.4) is 0 Å². The Labute approximate surface area is 238 Å². The highest BCUT2D eigenvalue weighted by Crippen LogP contribution is 2.33. The summed E-state index contributed by atoms with van der Waals surface area (Å²) in [6.07, 6.45) is 1.00. The highest BCUT2D eigenvalue weighted by molar-refractivity contribution is 5.99. The van der Waals surface area contributed by atoms with E-state index in [1.807, 2.05) is 71.6 Å². The van der Waals surface area contributed by atoms with Crippen LogP contribution in [0.25, 0.3) is 16.9 Å². The Bertz CT molecular complexity index is 1610. The number of rotatable bonds is 6.